The van der Waals surface area contributed by atoms with E-state index >= 15 is 0 Å². The zero-order valence-corrected chi connectivity index (χ0v) is 11.9. The summed E-state index contributed by atoms with van der Waals surface area (Å²) in [5, 5.41) is 0. The van der Waals surface area contributed by atoms with E-state index in [-0.39, 0.29) is 10.8 Å². The van der Waals surface area contributed by atoms with Crippen LogP contribution in [0.2, 0.25) is 0 Å². The standard InChI is InChI=1S/C14H24N2/c1-9-11(13(3,4)5)12(14(6,7)8)16-10(2)15-9/h1-8H3. The van der Waals surface area contributed by atoms with Gasteiger partial charge < -0.3 is 0 Å². The quantitative estimate of drug-likeness (QED) is 0.666. The Labute approximate surface area is 99.5 Å². The zero-order valence-electron chi connectivity index (χ0n) is 11.9. The third kappa shape index (κ3) is 2.60. The maximum absolute atomic E-state index is 4.66. The van der Waals surface area contributed by atoms with Crippen LogP contribution in [0.5, 0.6) is 0 Å². The molecule has 1 heterocycles. The molecule has 1 rings (SSSR count). The van der Waals surface area contributed by atoms with Crippen LogP contribution in [0.4, 0.5) is 0 Å². The van der Waals surface area contributed by atoms with Crippen LogP contribution in [-0.2, 0) is 10.8 Å². The molecule has 16 heavy (non-hydrogen) atoms. The Morgan fingerprint density at radius 2 is 1.25 bits per heavy atom. The number of aryl methyl sites for hydroxylation is 2. The first kappa shape index (κ1) is 13.1. The van der Waals surface area contributed by atoms with Gasteiger partial charge in [-0.1, -0.05) is 41.5 Å². The summed E-state index contributed by atoms with van der Waals surface area (Å²) in [6.07, 6.45) is 0. The van der Waals surface area contributed by atoms with Crippen molar-refractivity contribution in [2.24, 2.45) is 0 Å². The molecule has 0 atom stereocenters. The summed E-state index contributed by atoms with van der Waals surface area (Å²) in [7, 11) is 0. The molecule has 0 aliphatic carbocycles. The molecule has 0 radical (unpaired) electrons. The Morgan fingerprint density at radius 3 is 1.62 bits per heavy atom. The highest BCUT2D eigenvalue weighted by Gasteiger charge is 2.29. The summed E-state index contributed by atoms with van der Waals surface area (Å²) in [4.78, 5) is 9.16. The van der Waals surface area contributed by atoms with Crippen molar-refractivity contribution in [3.63, 3.8) is 0 Å². The molecule has 0 aliphatic heterocycles. The monoisotopic (exact) mass is 220 g/mol. The molecule has 2 heteroatoms. The van der Waals surface area contributed by atoms with E-state index in [1.807, 2.05) is 6.92 Å². The maximum atomic E-state index is 4.66. The predicted molar refractivity (Wildman–Crippen MR) is 68.9 cm³/mol. The summed E-state index contributed by atoms with van der Waals surface area (Å²) >= 11 is 0. The summed E-state index contributed by atoms with van der Waals surface area (Å²) < 4.78 is 0. The Bertz CT molecular complexity index is 392. The summed E-state index contributed by atoms with van der Waals surface area (Å²) in [6, 6.07) is 0. The first-order valence-electron chi connectivity index (χ1n) is 5.89. The van der Waals surface area contributed by atoms with Crippen molar-refractivity contribution in [3.05, 3.63) is 22.8 Å². The summed E-state index contributed by atoms with van der Waals surface area (Å²) in [5.74, 6) is 0.871. The van der Waals surface area contributed by atoms with Gasteiger partial charge in [-0.05, 0) is 19.3 Å². The van der Waals surface area contributed by atoms with Crippen molar-refractivity contribution in [3.8, 4) is 0 Å². The van der Waals surface area contributed by atoms with Gasteiger partial charge in [0.1, 0.15) is 5.82 Å². The van der Waals surface area contributed by atoms with Crippen molar-refractivity contribution in [1.29, 1.82) is 0 Å². The van der Waals surface area contributed by atoms with Crippen molar-refractivity contribution in [1.82, 2.24) is 9.97 Å². The Kier molecular flexibility index (Phi) is 3.15. The van der Waals surface area contributed by atoms with E-state index in [4.69, 9.17) is 0 Å². The fourth-order valence-electron chi connectivity index (χ4n) is 2.15. The van der Waals surface area contributed by atoms with Crippen LogP contribution in [0.1, 0.15) is 64.3 Å². The molecule has 2 nitrogen and oxygen atoms in total. The smallest absolute Gasteiger partial charge is 0.125 e. The molecule has 0 saturated carbocycles. The van der Waals surface area contributed by atoms with E-state index in [0.29, 0.717) is 0 Å². The number of nitrogens with zero attached hydrogens (tertiary/aromatic N) is 2. The van der Waals surface area contributed by atoms with Crippen LogP contribution < -0.4 is 0 Å². The number of aromatic nitrogens is 2. The van der Waals surface area contributed by atoms with Gasteiger partial charge in [0.15, 0.2) is 0 Å². The highest BCUT2D eigenvalue weighted by atomic mass is 14.9. The van der Waals surface area contributed by atoms with Crippen LogP contribution in [0.15, 0.2) is 0 Å². The topological polar surface area (TPSA) is 25.8 Å². The van der Waals surface area contributed by atoms with Crippen molar-refractivity contribution < 1.29 is 0 Å². The largest absolute Gasteiger partial charge is 0.238 e. The van der Waals surface area contributed by atoms with Crippen molar-refractivity contribution in [2.75, 3.05) is 0 Å². The predicted octanol–water partition coefficient (Wildman–Crippen LogP) is 3.69. The third-order valence-electron chi connectivity index (χ3n) is 2.66. The Morgan fingerprint density at radius 1 is 0.750 bits per heavy atom. The van der Waals surface area contributed by atoms with E-state index in [0.717, 1.165) is 11.5 Å². The van der Waals surface area contributed by atoms with Gasteiger partial charge in [-0.15, -0.1) is 0 Å². The first-order chi connectivity index (χ1) is 7.03. The molecule has 0 bridgehead atoms. The van der Waals surface area contributed by atoms with Gasteiger partial charge >= 0.3 is 0 Å². The molecule has 0 aliphatic rings. The molecule has 0 N–H and O–H groups in total. The number of rotatable bonds is 0. The lowest BCUT2D eigenvalue weighted by Crippen LogP contribution is -2.26. The lowest BCUT2D eigenvalue weighted by molar-refractivity contribution is 0.504. The van der Waals surface area contributed by atoms with Gasteiger partial charge in [0.05, 0.1) is 5.69 Å². The lowest BCUT2D eigenvalue weighted by Gasteiger charge is -2.30. The van der Waals surface area contributed by atoms with Gasteiger partial charge in [-0.25, -0.2) is 9.97 Å². The second kappa shape index (κ2) is 3.83. The molecular formula is C14H24N2. The molecule has 1 aromatic rings. The van der Waals surface area contributed by atoms with Gasteiger partial charge in [-0.3, -0.25) is 0 Å². The highest BCUT2D eigenvalue weighted by Crippen LogP contribution is 2.33. The van der Waals surface area contributed by atoms with Crippen LogP contribution in [0.3, 0.4) is 0 Å². The zero-order chi connectivity index (χ0) is 12.7. The molecule has 0 fully saturated rings. The minimum Gasteiger partial charge on any atom is -0.238 e. The van der Waals surface area contributed by atoms with E-state index in [2.05, 4.69) is 58.4 Å². The van der Waals surface area contributed by atoms with Gasteiger partial charge in [0, 0.05) is 16.7 Å². The SMILES string of the molecule is Cc1nc(C)c(C(C)(C)C)c(C(C)(C)C)n1. The maximum Gasteiger partial charge on any atom is 0.125 e. The van der Waals surface area contributed by atoms with E-state index in [9.17, 15) is 0 Å². The number of hydrogen-bond donors (Lipinski definition) is 0. The Hall–Kier alpha value is -0.920. The molecular weight excluding hydrogens is 196 g/mol. The molecule has 0 amide bonds. The first-order valence-corrected chi connectivity index (χ1v) is 5.89. The fourth-order valence-corrected chi connectivity index (χ4v) is 2.15. The fraction of sp³-hybridized carbons (Fsp3) is 0.714. The summed E-state index contributed by atoms with van der Waals surface area (Å²) in [5.41, 5.74) is 3.77. The molecule has 0 spiro atoms. The average molecular weight is 220 g/mol. The van der Waals surface area contributed by atoms with Gasteiger partial charge in [0.25, 0.3) is 0 Å². The van der Waals surface area contributed by atoms with Crippen LogP contribution in [-0.4, -0.2) is 9.97 Å². The molecule has 90 valence electrons. The third-order valence-corrected chi connectivity index (χ3v) is 2.66. The molecule has 0 saturated heterocycles. The van der Waals surface area contributed by atoms with Crippen LogP contribution >= 0.6 is 0 Å². The summed E-state index contributed by atoms with van der Waals surface area (Å²) in [6.45, 7) is 17.4. The second-order valence-corrected chi connectivity index (χ2v) is 6.58. The Balaban J connectivity index is 3.58. The van der Waals surface area contributed by atoms with Crippen molar-refractivity contribution in [2.45, 2.75) is 66.2 Å². The van der Waals surface area contributed by atoms with Crippen LogP contribution in [0, 0.1) is 13.8 Å². The molecule has 0 aromatic carbocycles. The second-order valence-electron chi connectivity index (χ2n) is 6.58. The van der Waals surface area contributed by atoms with E-state index in [1.165, 1.54) is 11.3 Å². The minimum atomic E-state index is 0.0705. The highest BCUT2D eigenvalue weighted by molar-refractivity contribution is 5.35. The van der Waals surface area contributed by atoms with E-state index < -0.39 is 0 Å². The van der Waals surface area contributed by atoms with Crippen molar-refractivity contribution >= 4 is 0 Å². The number of hydrogen-bond acceptors (Lipinski definition) is 2. The minimum absolute atomic E-state index is 0.0705. The van der Waals surface area contributed by atoms with E-state index in [1.54, 1.807) is 0 Å². The molecule has 1 aromatic heterocycles. The average Bonchev–Trinajstić information content (AvgIpc) is 1.97. The molecule has 0 unspecified atom stereocenters. The van der Waals surface area contributed by atoms with Crippen LogP contribution in [0.25, 0.3) is 0 Å². The van der Waals surface area contributed by atoms with Gasteiger partial charge in [-0.2, -0.15) is 0 Å². The normalized spacial score (nSPS) is 13.0. The lowest BCUT2D eigenvalue weighted by atomic mass is 9.77. The van der Waals surface area contributed by atoms with Gasteiger partial charge in [0.2, 0.25) is 0 Å².